The van der Waals surface area contributed by atoms with Crippen LogP contribution in [0.25, 0.3) is 64.3 Å². The fourth-order valence-electron chi connectivity index (χ4n) is 9.20. The monoisotopic (exact) mass is 799 g/mol. The average molecular weight is 800 g/mol. The lowest BCUT2D eigenvalue weighted by Crippen LogP contribution is -2.41. The smallest absolute Gasteiger partial charge is 0.197 e. The summed E-state index contributed by atoms with van der Waals surface area (Å²) in [5.41, 5.74) is 17.8. The van der Waals surface area contributed by atoms with Crippen LogP contribution < -0.4 is 21.1 Å². The van der Waals surface area contributed by atoms with Crippen molar-refractivity contribution in [2.75, 3.05) is 10.2 Å². The Morgan fingerprint density at radius 3 is 1.93 bits per heavy atom. The van der Waals surface area contributed by atoms with Gasteiger partial charge in [0.25, 0.3) is 0 Å². The predicted octanol–water partition coefficient (Wildman–Crippen LogP) is 15.0. The number of fused-ring (bicyclic) bond motifs is 6. The zero-order chi connectivity index (χ0) is 41.2. The second kappa shape index (κ2) is 14.7. The minimum Gasteiger partial charge on any atom is -0.355 e. The number of thiophene rings is 1. The molecular weight excluding hydrogens is 756 g/mol. The summed E-state index contributed by atoms with van der Waals surface area (Å²) in [6.45, 7) is 9.06. The van der Waals surface area contributed by atoms with Gasteiger partial charge in [0, 0.05) is 48.8 Å². The lowest BCUT2D eigenvalue weighted by atomic mass is 9.57. The number of hydrogen-bond donors (Lipinski definition) is 1. The molecule has 9 aromatic carbocycles. The first-order chi connectivity index (χ1) is 29.8. The summed E-state index contributed by atoms with van der Waals surface area (Å²) < 4.78 is 2.60. The summed E-state index contributed by atoms with van der Waals surface area (Å²) >= 11 is 1.87. The van der Waals surface area contributed by atoms with Crippen LogP contribution in [-0.4, -0.2) is 7.28 Å². The fourth-order valence-corrected chi connectivity index (χ4v) is 10.3. The normalized spacial score (nSPS) is 12.4. The van der Waals surface area contributed by atoms with Crippen LogP contribution in [0.1, 0.15) is 31.9 Å². The van der Waals surface area contributed by atoms with Gasteiger partial charge in [-0.1, -0.05) is 160 Å². The Morgan fingerprint density at radius 2 is 1.20 bits per heavy atom. The van der Waals surface area contributed by atoms with Gasteiger partial charge in [-0.15, -0.1) is 11.3 Å². The molecule has 0 fully saturated rings. The van der Waals surface area contributed by atoms with E-state index >= 15 is 0 Å². The summed E-state index contributed by atoms with van der Waals surface area (Å²) in [5, 5.41) is 8.93. The van der Waals surface area contributed by atoms with Gasteiger partial charge in [-0.05, 0) is 128 Å². The molecule has 1 radical (unpaired) electrons. The molecule has 0 amide bonds. The molecule has 10 aromatic rings. The lowest BCUT2D eigenvalue weighted by Gasteiger charge is -2.36. The molecule has 11 rings (SSSR count). The highest BCUT2D eigenvalue weighted by molar-refractivity contribution is 7.25. The fraction of sp³-hybridized carbons (Fsp3) is 0.0877. The van der Waals surface area contributed by atoms with Gasteiger partial charge < -0.3 is 10.2 Å². The van der Waals surface area contributed by atoms with Gasteiger partial charge >= 0.3 is 0 Å². The van der Waals surface area contributed by atoms with Gasteiger partial charge in [-0.3, -0.25) is 0 Å². The van der Waals surface area contributed by atoms with Crippen molar-refractivity contribution in [1.82, 2.24) is 0 Å². The molecule has 291 valence electrons. The molecule has 1 aliphatic heterocycles. The van der Waals surface area contributed by atoms with E-state index in [4.69, 9.17) is 0 Å². The molecule has 61 heavy (non-hydrogen) atoms. The number of rotatable bonds is 6. The van der Waals surface area contributed by atoms with Crippen molar-refractivity contribution in [1.29, 1.82) is 0 Å². The second-order valence-corrected chi connectivity index (χ2v) is 18.4. The third kappa shape index (κ3) is 6.59. The Morgan fingerprint density at radius 1 is 0.508 bits per heavy atom. The van der Waals surface area contributed by atoms with E-state index in [1.807, 2.05) is 11.3 Å². The Labute approximate surface area is 363 Å². The summed E-state index contributed by atoms with van der Waals surface area (Å²) in [4.78, 5) is 2.54. The van der Waals surface area contributed by atoms with E-state index in [9.17, 15) is 0 Å². The molecular formula is C57H44BN2S. The van der Waals surface area contributed by atoms with E-state index in [-0.39, 0.29) is 5.41 Å². The summed E-state index contributed by atoms with van der Waals surface area (Å²) in [6, 6.07) is 69.3. The van der Waals surface area contributed by atoms with Crippen molar-refractivity contribution in [3.8, 4) is 33.4 Å². The predicted molar refractivity (Wildman–Crippen MR) is 266 cm³/mol. The number of hydrogen-bond acceptors (Lipinski definition) is 3. The summed E-state index contributed by atoms with van der Waals surface area (Å²) in [7, 11) is 2.45. The molecule has 0 saturated carbocycles. The molecule has 0 bridgehead atoms. The molecule has 0 atom stereocenters. The van der Waals surface area contributed by atoms with Gasteiger partial charge in [0.2, 0.25) is 0 Å². The van der Waals surface area contributed by atoms with E-state index < -0.39 is 0 Å². The summed E-state index contributed by atoms with van der Waals surface area (Å²) in [6.07, 6.45) is 0. The maximum absolute atomic E-state index is 3.92. The topological polar surface area (TPSA) is 15.3 Å². The van der Waals surface area contributed by atoms with Crippen LogP contribution in [0.3, 0.4) is 0 Å². The molecule has 2 nitrogen and oxygen atoms in total. The molecule has 0 unspecified atom stereocenters. The van der Waals surface area contributed by atoms with Gasteiger partial charge in [0.15, 0.2) is 7.28 Å². The quantitative estimate of drug-likeness (QED) is 0.169. The standard InChI is InChI=1S/C57H44BN2S/c1-36-31-40(37-15-7-5-8-16-37)24-30-50(36)60-51-35-54-46(45-21-13-14-22-53(45)61-54)34-48(51)58-56-47(32-41(33-52(56)60)38-17-9-6-10-18-38)55-44-20-12-11-19-39(44)23-29-49(55)59-43-27-25-42(26-28-43)57(2,3)4/h5-35,59H,1-4H3. The van der Waals surface area contributed by atoms with Gasteiger partial charge in [-0.2, -0.15) is 0 Å². The van der Waals surface area contributed by atoms with Crippen molar-refractivity contribution in [3.63, 3.8) is 0 Å². The van der Waals surface area contributed by atoms with Crippen LogP contribution in [0.2, 0.25) is 0 Å². The zero-order valence-electron chi connectivity index (χ0n) is 34.8. The zero-order valence-corrected chi connectivity index (χ0v) is 35.6. The van der Waals surface area contributed by atoms with Crippen LogP contribution in [0.15, 0.2) is 188 Å². The minimum absolute atomic E-state index is 0.0721. The SMILES string of the molecule is Cc1cc(-c2ccccc2)ccc1N1c2cc3sc4ccccc4c3cc2[B]c2c(-c3c(Nc4ccc(C(C)(C)C)cc4)ccc4ccccc34)cc(-c3ccccc3)cc21. The van der Waals surface area contributed by atoms with E-state index in [0.29, 0.717) is 0 Å². The minimum atomic E-state index is 0.0721. The highest BCUT2D eigenvalue weighted by Crippen LogP contribution is 2.46. The van der Waals surface area contributed by atoms with E-state index in [1.54, 1.807) is 0 Å². The van der Waals surface area contributed by atoms with E-state index in [0.717, 1.165) is 17.1 Å². The highest BCUT2D eigenvalue weighted by Gasteiger charge is 2.31. The van der Waals surface area contributed by atoms with Crippen molar-refractivity contribution in [3.05, 3.63) is 199 Å². The Kier molecular flexibility index (Phi) is 8.95. The third-order valence-corrected chi connectivity index (χ3v) is 13.5. The number of nitrogens with zero attached hydrogens (tertiary/aromatic N) is 1. The molecule has 2 heterocycles. The largest absolute Gasteiger partial charge is 0.355 e. The Balaban J connectivity index is 1.20. The maximum Gasteiger partial charge on any atom is 0.197 e. The van der Waals surface area contributed by atoms with E-state index in [2.05, 4.69) is 233 Å². The summed E-state index contributed by atoms with van der Waals surface area (Å²) in [5.74, 6) is 0. The van der Waals surface area contributed by atoms with Gasteiger partial charge in [0.1, 0.15) is 0 Å². The molecule has 1 N–H and O–H groups in total. The molecule has 0 spiro atoms. The number of aryl methyl sites for hydroxylation is 1. The first-order valence-corrected chi connectivity index (χ1v) is 22.0. The Hall–Kier alpha value is -6.88. The van der Waals surface area contributed by atoms with Crippen molar-refractivity contribution >= 4 is 88.9 Å². The van der Waals surface area contributed by atoms with Crippen molar-refractivity contribution in [2.45, 2.75) is 33.1 Å². The first kappa shape index (κ1) is 37.1. The molecule has 1 aliphatic rings. The van der Waals surface area contributed by atoms with Crippen LogP contribution >= 0.6 is 11.3 Å². The van der Waals surface area contributed by atoms with Gasteiger partial charge in [0.05, 0.1) is 0 Å². The van der Waals surface area contributed by atoms with Crippen LogP contribution in [-0.2, 0) is 5.41 Å². The van der Waals surface area contributed by atoms with Crippen molar-refractivity contribution < 1.29 is 0 Å². The maximum atomic E-state index is 3.92. The van der Waals surface area contributed by atoms with Gasteiger partial charge in [-0.25, -0.2) is 0 Å². The molecule has 4 heteroatoms. The highest BCUT2D eigenvalue weighted by atomic mass is 32.1. The number of nitrogens with one attached hydrogen (secondary N) is 1. The van der Waals surface area contributed by atoms with Crippen molar-refractivity contribution in [2.24, 2.45) is 0 Å². The lowest BCUT2D eigenvalue weighted by molar-refractivity contribution is 0.590. The molecule has 0 saturated heterocycles. The second-order valence-electron chi connectivity index (χ2n) is 17.3. The van der Waals surface area contributed by atoms with E-state index in [1.165, 1.54) is 97.8 Å². The van der Waals surface area contributed by atoms with Crippen LogP contribution in [0.4, 0.5) is 28.4 Å². The average Bonchev–Trinajstić information content (AvgIpc) is 3.65. The Bertz CT molecular complexity index is 3290. The van der Waals surface area contributed by atoms with Crippen LogP contribution in [0.5, 0.6) is 0 Å². The first-order valence-electron chi connectivity index (χ1n) is 21.2. The number of anilines is 5. The van der Waals surface area contributed by atoms with Crippen LogP contribution in [0, 0.1) is 6.92 Å². The number of benzene rings is 9. The molecule has 1 aromatic heterocycles. The molecule has 0 aliphatic carbocycles. The third-order valence-electron chi connectivity index (χ3n) is 12.3.